The van der Waals surface area contributed by atoms with Crippen molar-refractivity contribution in [2.24, 2.45) is 0 Å². The molecule has 6 nitrogen and oxygen atoms in total. The molecule has 0 saturated heterocycles. The fourth-order valence-corrected chi connectivity index (χ4v) is 5.06. The van der Waals surface area contributed by atoms with Gasteiger partial charge in [-0.25, -0.2) is 0 Å². The van der Waals surface area contributed by atoms with Gasteiger partial charge in [0.1, 0.15) is 5.75 Å². The minimum atomic E-state index is -0.503. The number of hydrogen-bond donors (Lipinski definition) is 1. The van der Waals surface area contributed by atoms with E-state index >= 15 is 0 Å². The molecule has 0 bridgehead atoms. The van der Waals surface area contributed by atoms with Gasteiger partial charge in [0.25, 0.3) is 5.91 Å². The average Bonchev–Trinajstić information content (AvgIpc) is 2.90. The third kappa shape index (κ3) is 5.23. The summed E-state index contributed by atoms with van der Waals surface area (Å²) in [6, 6.07) is 23.1. The summed E-state index contributed by atoms with van der Waals surface area (Å²) in [6.45, 7) is 6.56. The summed E-state index contributed by atoms with van der Waals surface area (Å²) >= 11 is 0. The van der Waals surface area contributed by atoms with Crippen LogP contribution in [-0.4, -0.2) is 50.5 Å². The molecule has 36 heavy (non-hydrogen) atoms. The van der Waals surface area contributed by atoms with Crippen molar-refractivity contribution in [1.29, 1.82) is 0 Å². The lowest BCUT2D eigenvalue weighted by Gasteiger charge is -2.39. The lowest BCUT2D eigenvalue weighted by Crippen LogP contribution is -2.46. The summed E-state index contributed by atoms with van der Waals surface area (Å²) in [5.74, 6) is 0.0869. The molecule has 0 fully saturated rings. The van der Waals surface area contributed by atoms with Gasteiger partial charge in [-0.3, -0.25) is 9.59 Å². The summed E-state index contributed by atoms with van der Waals surface area (Å²) in [6.07, 6.45) is 0.823. The van der Waals surface area contributed by atoms with E-state index in [4.69, 9.17) is 4.74 Å². The minimum absolute atomic E-state index is 0.0683. The Hall–Kier alpha value is -3.80. The summed E-state index contributed by atoms with van der Waals surface area (Å²) in [7, 11) is 3.39. The van der Waals surface area contributed by atoms with Crippen molar-refractivity contribution < 1.29 is 14.3 Å². The largest absolute Gasteiger partial charge is 0.497 e. The van der Waals surface area contributed by atoms with Gasteiger partial charge < -0.3 is 19.9 Å². The Labute approximate surface area is 213 Å². The van der Waals surface area contributed by atoms with Gasteiger partial charge in [-0.15, -0.1) is 0 Å². The summed E-state index contributed by atoms with van der Waals surface area (Å²) in [5.41, 5.74) is 4.69. The van der Waals surface area contributed by atoms with Crippen LogP contribution in [0.25, 0.3) is 0 Å². The van der Waals surface area contributed by atoms with Gasteiger partial charge in [0.2, 0.25) is 5.91 Å². The summed E-state index contributed by atoms with van der Waals surface area (Å²) in [5, 5.41) is 3.17. The molecular weight excluding hydrogens is 450 g/mol. The zero-order valence-electron chi connectivity index (χ0n) is 21.5. The fourth-order valence-electron chi connectivity index (χ4n) is 5.06. The molecule has 2 atom stereocenters. The fraction of sp³-hybridized carbons (Fsp3) is 0.333. The van der Waals surface area contributed by atoms with Crippen LogP contribution < -0.4 is 15.0 Å². The first-order valence-corrected chi connectivity index (χ1v) is 12.5. The zero-order valence-corrected chi connectivity index (χ0v) is 21.5. The topological polar surface area (TPSA) is 61.9 Å². The molecule has 188 valence electrons. The summed E-state index contributed by atoms with van der Waals surface area (Å²) in [4.78, 5) is 30.9. The van der Waals surface area contributed by atoms with Crippen molar-refractivity contribution in [2.45, 2.75) is 32.2 Å². The second kappa shape index (κ2) is 11.3. The Bertz CT molecular complexity index is 1210. The number of methoxy groups -OCH3 is 1. The number of nitrogens with one attached hydrogen (secondary N) is 1. The molecule has 0 aromatic heterocycles. The van der Waals surface area contributed by atoms with E-state index < -0.39 is 12.0 Å². The molecular formula is C30H35N3O3. The molecule has 0 aliphatic carbocycles. The van der Waals surface area contributed by atoms with Crippen molar-refractivity contribution in [1.82, 2.24) is 10.2 Å². The molecule has 2 amide bonds. The molecule has 0 radical (unpaired) electrons. The molecule has 1 aliphatic heterocycles. The maximum Gasteiger partial charge on any atom is 0.254 e. The number of carbonyl (C=O) groups is 2. The highest BCUT2D eigenvalue weighted by Crippen LogP contribution is 2.42. The van der Waals surface area contributed by atoms with Crippen LogP contribution in [-0.2, 0) is 4.79 Å². The summed E-state index contributed by atoms with van der Waals surface area (Å²) < 4.78 is 5.30. The van der Waals surface area contributed by atoms with Crippen LogP contribution in [0.15, 0.2) is 72.8 Å². The van der Waals surface area contributed by atoms with Crippen LogP contribution in [0.4, 0.5) is 5.69 Å². The Morgan fingerprint density at radius 3 is 2.50 bits per heavy atom. The number of likely N-dealkylation sites (N-methyl/N-ethyl adjacent to an activating group) is 1. The number of ether oxygens (including phenoxy) is 1. The van der Waals surface area contributed by atoms with E-state index in [0.29, 0.717) is 12.1 Å². The van der Waals surface area contributed by atoms with Crippen LogP contribution in [0, 0.1) is 6.92 Å². The Morgan fingerprint density at radius 1 is 1.06 bits per heavy atom. The lowest BCUT2D eigenvalue weighted by atomic mass is 9.79. The van der Waals surface area contributed by atoms with E-state index in [1.807, 2.05) is 42.5 Å². The van der Waals surface area contributed by atoms with Gasteiger partial charge in [-0.05, 0) is 67.3 Å². The number of amides is 2. The van der Waals surface area contributed by atoms with Gasteiger partial charge in [-0.1, -0.05) is 42.5 Å². The minimum Gasteiger partial charge on any atom is -0.497 e. The van der Waals surface area contributed by atoms with Crippen LogP contribution in [0.1, 0.15) is 52.4 Å². The number of benzene rings is 3. The predicted octanol–water partition coefficient (Wildman–Crippen LogP) is 4.95. The van der Waals surface area contributed by atoms with E-state index in [-0.39, 0.29) is 11.8 Å². The number of rotatable bonds is 9. The van der Waals surface area contributed by atoms with Gasteiger partial charge >= 0.3 is 0 Å². The van der Waals surface area contributed by atoms with Crippen molar-refractivity contribution in [3.63, 3.8) is 0 Å². The first-order chi connectivity index (χ1) is 17.4. The van der Waals surface area contributed by atoms with Gasteiger partial charge in [0.15, 0.2) is 0 Å². The SMILES string of the molecule is CCN(CCCNC(=O)C1c2ccccc2C(=O)N(C)C1c1ccc(OC)cc1)c1cccc(C)c1. The quantitative estimate of drug-likeness (QED) is 0.436. The van der Waals surface area contributed by atoms with Crippen LogP contribution >= 0.6 is 0 Å². The number of aryl methyl sites for hydroxylation is 1. The molecule has 0 saturated carbocycles. The highest BCUT2D eigenvalue weighted by atomic mass is 16.5. The molecule has 0 spiro atoms. The molecule has 4 rings (SSSR count). The maximum atomic E-state index is 13.7. The maximum absolute atomic E-state index is 13.7. The highest BCUT2D eigenvalue weighted by Gasteiger charge is 2.42. The number of nitrogens with zero attached hydrogens (tertiary/aromatic N) is 2. The van der Waals surface area contributed by atoms with Crippen molar-refractivity contribution in [2.75, 3.05) is 38.7 Å². The number of fused-ring (bicyclic) bond motifs is 1. The highest BCUT2D eigenvalue weighted by molar-refractivity contribution is 6.01. The van der Waals surface area contributed by atoms with E-state index in [0.717, 1.165) is 36.4 Å². The molecule has 1 N–H and O–H groups in total. The number of anilines is 1. The third-order valence-electron chi connectivity index (χ3n) is 6.97. The second-order valence-corrected chi connectivity index (χ2v) is 9.26. The van der Waals surface area contributed by atoms with Crippen LogP contribution in [0.5, 0.6) is 5.75 Å². The van der Waals surface area contributed by atoms with E-state index in [1.54, 1.807) is 25.1 Å². The monoisotopic (exact) mass is 485 g/mol. The first kappa shape index (κ1) is 25.3. The van der Waals surface area contributed by atoms with E-state index in [9.17, 15) is 9.59 Å². The third-order valence-corrected chi connectivity index (χ3v) is 6.97. The smallest absolute Gasteiger partial charge is 0.254 e. The number of carbonyl (C=O) groups excluding carboxylic acids is 2. The Kier molecular flexibility index (Phi) is 7.93. The number of hydrogen-bond acceptors (Lipinski definition) is 4. The Morgan fingerprint density at radius 2 is 1.81 bits per heavy atom. The average molecular weight is 486 g/mol. The standard InChI is InChI=1S/C30H35N3O3/c1-5-33(23-11-8-10-21(2)20-23)19-9-18-31-29(34)27-25-12-6-7-13-26(25)30(35)32(3)28(27)22-14-16-24(36-4)17-15-22/h6-8,10-17,20,27-28H,5,9,18-19H2,1-4H3,(H,31,34). The molecule has 1 aliphatic rings. The van der Waals surface area contributed by atoms with Gasteiger partial charge in [0, 0.05) is 37.9 Å². The molecule has 1 heterocycles. The van der Waals surface area contributed by atoms with Crippen molar-refractivity contribution in [3.8, 4) is 5.75 Å². The normalized spacial score (nSPS) is 16.9. The van der Waals surface area contributed by atoms with Gasteiger partial charge in [0.05, 0.1) is 19.1 Å². The van der Waals surface area contributed by atoms with Crippen LogP contribution in [0.3, 0.4) is 0 Å². The molecule has 2 unspecified atom stereocenters. The van der Waals surface area contributed by atoms with Crippen molar-refractivity contribution in [3.05, 3.63) is 95.1 Å². The van der Waals surface area contributed by atoms with Crippen molar-refractivity contribution >= 4 is 17.5 Å². The molecule has 3 aromatic rings. The predicted molar refractivity (Wildman–Crippen MR) is 144 cm³/mol. The van der Waals surface area contributed by atoms with Crippen LogP contribution in [0.2, 0.25) is 0 Å². The first-order valence-electron chi connectivity index (χ1n) is 12.5. The lowest BCUT2D eigenvalue weighted by molar-refractivity contribution is -0.124. The molecule has 6 heteroatoms. The van der Waals surface area contributed by atoms with Gasteiger partial charge in [-0.2, -0.15) is 0 Å². The molecule has 3 aromatic carbocycles. The van der Waals surface area contributed by atoms with E-state index in [1.165, 1.54) is 11.3 Å². The second-order valence-electron chi connectivity index (χ2n) is 9.26. The van der Waals surface area contributed by atoms with E-state index in [2.05, 4.69) is 48.3 Å². The zero-order chi connectivity index (χ0) is 25.7. The Balaban J connectivity index is 1.52.